The molecule has 2 aromatic rings. The number of hydrogen-bond donors (Lipinski definition) is 4. The smallest absolute Gasteiger partial charge is 0.311 e. The van der Waals surface area contributed by atoms with Gasteiger partial charge in [-0.25, -0.2) is 0 Å². The summed E-state index contributed by atoms with van der Waals surface area (Å²) in [5.74, 6) is -1.07. The van der Waals surface area contributed by atoms with Crippen LogP contribution in [-0.2, 0) is 9.53 Å². The number of aliphatic hydroxyl groups is 1. The maximum Gasteiger partial charge on any atom is 0.311 e. The fourth-order valence-electron chi connectivity index (χ4n) is 3.04. The second-order valence-electron chi connectivity index (χ2n) is 6.34. The van der Waals surface area contributed by atoms with Gasteiger partial charge in [-0.2, -0.15) is 4.98 Å². The Hall–Kier alpha value is -1.89. The standard InChI is InChI=1S/C14H16N4O6S2/c15-13-16-9-8(10(22)17-13)26-14(23)18(9)11-5(3-6(19)20)25-12(24-11)7(21)4-1-2-4/h4-5,7,11-12,21H,1-3H2,(H,19,20)(H3,15,16,17,22)/t5-,7-,11-,12-/m0/s1. The monoisotopic (exact) mass is 400 g/mol. The molecule has 0 radical (unpaired) electrons. The molecule has 0 unspecified atom stereocenters. The van der Waals surface area contributed by atoms with Crippen LogP contribution in [0.25, 0.3) is 10.3 Å². The fourth-order valence-corrected chi connectivity index (χ4v) is 5.34. The third-order valence-corrected chi connectivity index (χ3v) is 6.76. The molecule has 4 atom stereocenters. The molecule has 3 heterocycles. The highest BCUT2D eigenvalue weighted by Gasteiger charge is 2.46. The van der Waals surface area contributed by atoms with Crippen LogP contribution in [0.15, 0.2) is 9.59 Å². The highest BCUT2D eigenvalue weighted by atomic mass is 32.2. The lowest BCUT2D eigenvalue weighted by Crippen LogP contribution is -2.30. The number of aliphatic carboxylic acids is 1. The minimum Gasteiger partial charge on any atom is -0.481 e. The molecule has 2 fully saturated rings. The third kappa shape index (κ3) is 3.02. The number of carboxylic acids is 1. The van der Waals surface area contributed by atoms with Crippen molar-refractivity contribution in [2.75, 3.05) is 5.73 Å². The van der Waals surface area contributed by atoms with Crippen molar-refractivity contribution in [3.8, 4) is 0 Å². The molecular formula is C14H16N4O6S2. The number of aromatic amines is 1. The summed E-state index contributed by atoms with van der Waals surface area (Å²) in [5, 5.41) is 18.9. The minimum absolute atomic E-state index is 0.0591. The van der Waals surface area contributed by atoms with E-state index in [1.54, 1.807) is 0 Å². The maximum absolute atomic E-state index is 12.5. The Balaban J connectivity index is 1.77. The van der Waals surface area contributed by atoms with E-state index in [0.29, 0.717) is 11.3 Å². The number of ether oxygens (including phenoxy) is 1. The molecule has 1 saturated carbocycles. The Kier molecular flexibility index (Phi) is 4.29. The van der Waals surface area contributed by atoms with Gasteiger partial charge in [0.25, 0.3) is 5.56 Å². The fraction of sp³-hybridized carbons (Fsp3) is 0.571. The molecule has 1 saturated heterocycles. The summed E-state index contributed by atoms with van der Waals surface area (Å²) in [6.45, 7) is 0. The van der Waals surface area contributed by atoms with Gasteiger partial charge in [0.05, 0.1) is 17.8 Å². The number of nitrogens with zero attached hydrogens (tertiary/aromatic N) is 2. The van der Waals surface area contributed by atoms with Crippen molar-refractivity contribution in [3.05, 3.63) is 20.0 Å². The zero-order valence-electron chi connectivity index (χ0n) is 13.3. The number of rotatable bonds is 5. The summed E-state index contributed by atoms with van der Waals surface area (Å²) < 4.78 is 7.15. The molecule has 0 aromatic carbocycles. The molecule has 26 heavy (non-hydrogen) atoms. The lowest BCUT2D eigenvalue weighted by atomic mass is 10.2. The van der Waals surface area contributed by atoms with Gasteiger partial charge in [0.2, 0.25) is 5.95 Å². The number of aliphatic hydroxyl groups excluding tert-OH is 1. The van der Waals surface area contributed by atoms with Crippen molar-refractivity contribution in [2.45, 2.75) is 42.3 Å². The normalized spacial score (nSPS) is 27.0. The molecule has 0 bridgehead atoms. The van der Waals surface area contributed by atoms with Crippen molar-refractivity contribution >= 4 is 45.4 Å². The van der Waals surface area contributed by atoms with Crippen molar-refractivity contribution in [1.29, 1.82) is 0 Å². The molecule has 0 amide bonds. The Labute approximate surface area is 154 Å². The van der Waals surface area contributed by atoms with Gasteiger partial charge < -0.3 is 20.7 Å². The number of fused-ring (bicyclic) bond motifs is 1. The van der Waals surface area contributed by atoms with E-state index in [4.69, 9.17) is 10.5 Å². The van der Waals surface area contributed by atoms with Crippen LogP contribution in [0.4, 0.5) is 5.95 Å². The van der Waals surface area contributed by atoms with E-state index in [1.807, 2.05) is 0 Å². The molecule has 4 rings (SSSR count). The number of hydrogen-bond acceptors (Lipinski definition) is 9. The molecule has 12 heteroatoms. The number of nitrogen functional groups attached to an aromatic ring is 1. The molecular weight excluding hydrogens is 384 g/mol. The number of nitrogens with two attached hydrogens (primary N) is 1. The van der Waals surface area contributed by atoms with E-state index in [1.165, 1.54) is 16.3 Å². The Bertz CT molecular complexity index is 980. The molecule has 1 aliphatic carbocycles. The molecule has 2 aromatic heterocycles. The van der Waals surface area contributed by atoms with Crippen molar-refractivity contribution < 1.29 is 19.7 Å². The number of H-pyrrole nitrogens is 1. The molecule has 1 aliphatic heterocycles. The van der Waals surface area contributed by atoms with E-state index in [9.17, 15) is 24.6 Å². The molecule has 10 nitrogen and oxygen atoms in total. The number of nitrogens with one attached hydrogen (secondary N) is 1. The summed E-state index contributed by atoms with van der Waals surface area (Å²) in [6.07, 6.45) is -0.159. The number of anilines is 1. The maximum atomic E-state index is 12.5. The van der Waals surface area contributed by atoms with Gasteiger partial charge in [-0.1, -0.05) is 11.3 Å². The van der Waals surface area contributed by atoms with Gasteiger partial charge in [-0.15, -0.1) is 11.8 Å². The van der Waals surface area contributed by atoms with Crippen LogP contribution in [-0.4, -0.2) is 47.5 Å². The number of thiazole rings is 1. The average molecular weight is 400 g/mol. The van der Waals surface area contributed by atoms with Crippen LogP contribution in [0.1, 0.15) is 25.5 Å². The van der Waals surface area contributed by atoms with Crippen LogP contribution >= 0.6 is 23.1 Å². The zero-order valence-corrected chi connectivity index (χ0v) is 15.0. The molecule has 2 aliphatic rings. The first kappa shape index (κ1) is 17.5. The Morgan fingerprint density at radius 3 is 2.85 bits per heavy atom. The predicted octanol–water partition coefficient (Wildman–Crippen LogP) is -0.0692. The summed E-state index contributed by atoms with van der Waals surface area (Å²) in [7, 11) is 0. The van der Waals surface area contributed by atoms with Crippen LogP contribution in [0.2, 0.25) is 0 Å². The lowest BCUT2D eigenvalue weighted by Gasteiger charge is -2.19. The van der Waals surface area contributed by atoms with E-state index in [-0.39, 0.29) is 28.6 Å². The van der Waals surface area contributed by atoms with Gasteiger partial charge in [0.15, 0.2) is 11.9 Å². The third-order valence-electron chi connectivity index (χ3n) is 4.41. The first-order valence-electron chi connectivity index (χ1n) is 7.96. The van der Waals surface area contributed by atoms with Gasteiger partial charge in [-0.3, -0.25) is 23.9 Å². The van der Waals surface area contributed by atoms with E-state index in [2.05, 4.69) is 9.97 Å². The quantitative estimate of drug-likeness (QED) is 0.538. The molecule has 0 spiro atoms. The topological polar surface area (TPSA) is 161 Å². The van der Waals surface area contributed by atoms with Crippen molar-refractivity contribution in [3.63, 3.8) is 0 Å². The highest BCUT2D eigenvalue weighted by Crippen LogP contribution is 2.47. The number of aromatic nitrogens is 3. The molecule has 140 valence electrons. The molecule has 5 N–H and O–H groups in total. The zero-order chi connectivity index (χ0) is 18.6. The number of carboxylic acid groups (broad SMARTS) is 1. The van der Waals surface area contributed by atoms with Crippen molar-refractivity contribution in [1.82, 2.24) is 14.5 Å². The van der Waals surface area contributed by atoms with E-state index < -0.39 is 39.4 Å². The van der Waals surface area contributed by atoms with Gasteiger partial charge >= 0.3 is 10.8 Å². The first-order chi connectivity index (χ1) is 12.3. The second-order valence-corrected chi connectivity index (χ2v) is 8.64. The van der Waals surface area contributed by atoms with Crippen LogP contribution in [0, 0.1) is 5.92 Å². The second kappa shape index (κ2) is 6.37. The summed E-state index contributed by atoms with van der Waals surface area (Å²) in [6, 6.07) is 0. The highest BCUT2D eigenvalue weighted by molar-refractivity contribution is 8.00. The lowest BCUT2D eigenvalue weighted by molar-refractivity contribution is -0.138. The minimum atomic E-state index is -1.05. The Morgan fingerprint density at radius 2 is 2.19 bits per heavy atom. The van der Waals surface area contributed by atoms with Crippen molar-refractivity contribution in [2.24, 2.45) is 5.92 Å². The van der Waals surface area contributed by atoms with Crippen LogP contribution in [0.5, 0.6) is 0 Å². The van der Waals surface area contributed by atoms with Gasteiger partial charge in [0.1, 0.15) is 10.1 Å². The summed E-state index contributed by atoms with van der Waals surface area (Å²) in [4.78, 5) is 41.6. The van der Waals surface area contributed by atoms with E-state index >= 15 is 0 Å². The largest absolute Gasteiger partial charge is 0.481 e. The Morgan fingerprint density at radius 1 is 1.46 bits per heavy atom. The van der Waals surface area contributed by atoms with Crippen LogP contribution < -0.4 is 16.2 Å². The summed E-state index contributed by atoms with van der Waals surface area (Å²) in [5.41, 5.74) is 4.46. The van der Waals surface area contributed by atoms with Gasteiger partial charge in [-0.05, 0) is 18.8 Å². The number of thioether (sulfide) groups is 1. The predicted molar refractivity (Wildman–Crippen MR) is 95.2 cm³/mol. The number of carbonyl (C=O) groups is 1. The van der Waals surface area contributed by atoms with Gasteiger partial charge in [0, 0.05) is 0 Å². The average Bonchev–Trinajstić information content (AvgIpc) is 3.25. The summed E-state index contributed by atoms with van der Waals surface area (Å²) >= 11 is 1.89. The van der Waals surface area contributed by atoms with E-state index in [0.717, 1.165) is 12.8 Å². The first-order valence-corrected chi connectivity index (χ1v) is 9.72. The SMILES string of the molecule is Nc1nc2c(sc(=O)n2[C@H]2O[C@H]([C@@H](O)C3CC3)S[C@H]2CC(=O)O)c(=O)[nH]1. The van der Waals surface area contributed by atoms with Crippen LogP contribution in [0.3, 0.4) is 0 Å².